The van der Waals surface area contributed by atoms with Crippen LogP contribution >= 0.6 is 24.4 Å². The molecule has 0 fully saturated rings. The van der Waals surface area contributed by atoms with Crippen molar-refractivity contribution in [2.24, 2.45) is 21.7 Å². The minimum absolute atomic E-state index is 0. The van der Waals surface area contributed by atoms with Gasteiger partial charge in [0.1, 0.15) is 5.82 Å². The second kappa shape index (κ2) is 49.9. The minimum atomic E-state index is -4.90. The van der Waals surface area contributed by atoms with Gasteiger partial charge in [0, 0.05) is 31.4 Å². The van der Waals surface area contributed by atoms with Gasteiger partial charge in [0.15, 0.2) is 23.0 Å². The molecule has 1 N–H and O–H groups in total. The zero-order valence-corrected chi connectivity index (χ0v) is 84.1. The van der Waals surface area contributed by atoms with Crippen molar-refractivity contribution in [3.05, 3.63) is 244 Å². The summed E-state index contributed by atoms with van der Waals surface area (Å²) in [6.45, 7) is 28.1. The molecular weight excluding hydrogens is 1810 g/mol. The van der Waals surface area contributed by atoms with Gasteiger partial charge in [0.2, 0.25) is 19.7 Å². The number of hydrogen-bond acceptors (Lipinski definition) is 21. The third kappa shape index (κ3) is 35.4. The molecule has 612 valence electrons. The number of alkyl halides is 3. The van der Waals surface area contributed by atoms with Gasteiger partial charge in [0.05, 0.1) is 67.7 Å². The first kappa shape index (κ1) is 107. The molecule has 0 aliphatic heterocycles. The number of hydrogen-bond donors (Lipinski definition) is 2. The summed E-state index contributed by atoms with van der Waals surface area (Å²) in [5.74, 6) is -1.36. The minimum Gasteiger partial charge on any atom is -1.00 e. The first-order chi connectivity index (χ1) is 52.6. The second-order valence-corrected chi connectivity index (χ2v) is 33.9. The van der Waals surface area contributed by atoms with Crippen molar-refractivity contribution in [3.8, 4) is 0 Å². The molecule has 0 bridgehead atoms. The molecule has 0 aliphatic rings. The topological polar surface area (TPSA) is 294 Å². The zero-order valence-electron chi connectivity index (χ0n) is 69.2. The van der Waals surface area contributed by atoms with Gasteiger partial charge in [-0.2, -0.15) is 13.2 Å². The summed E-state index contributed by atoms with van der Waals surface area (Å²) >= 11 is 5.87. The van der Waals surface area contributed by atoms with Gasteiger partial charge in [-0.05, 0) is 273 Å². The average Bonchev–Trinajstić information content (AvgIpc) is 0.777. The molecule has 0 saturated heterocycles. The maximum absolute atomic E-state index is 13.0. The summed E-state index contributed by atoms with van der Waals surface area (Å²) < 4.78 is 123. The fraction of sp³-hybridized carbons (Fsp3) is 0.349. The van der Waals surface area contributed by atoms with E-state index in [0.717, 1.165) is 66.8 Å². The molecule has 0 heterocycles. The number of aliphatic hydroxyl groups is 1. The first-order valence-electron chi connectivity index (χ1n) is 35.6. The molecule has 8 aromatic rings. The van der Waals surface area contributed by atoms with Crippen molar-refractivity contribution in [1.29, 1.82) is 0 Å². The Morgan fingerprint density at radius 2 is 0.635 bits per heavy atom. The van der Waals surface area contributed by atoms with Crippen molar-refractivity contribution < 1.29 is 246 Å². The van der Waals surface area contributed by atoms with Gasteiger partial charge in [-0.1, -0.05) is 96.7 Å². The number of carbonyl (C=O) groups is 8. The Morgan fingerprint density at radius 3 is 0.878 bits per heavy atom. The van der Waals surface area contributed by atoms with Crippen molar-refractivity contribution in [3.63, 3.8) is 0 Å². The Labute approximate surface area is 801 Å². The van der Waals surface area contributed by atoms with E-state index in [1.54, 1.807) is 84.5 Å². The molecule has 1 atom stereocenters. The van der Waals surface area contributed by atoms with E-state index >= 15 is 0 Å². The zero-order chi connectivity index (χ0) is 85.5. The van der Waals surface area contributed by atoms with Crippen LogP contribution in [-0.4, -0.2) is 102 Å². The normalized spacial score (nSPS) is 11.7. The van der Waals surface area contributed by atoms with Crippen LogP contribution in [0.5, 0.6) is 0 Å². The smallest absolute Gasteiger partial charge is 1.00 e. The molecule has 19 nitrogen and oxygen atoms in total. The van der Waals surface area contributed by atoms with E-state index in [0.29, 0.717) is 63.6 Å². The summed E-state index contributed by atoms with van der Waals surface area (Å²) in [4.78, 5) is 95.5. The standard InChI is InChI=1S/C22H25F3O5S.C21H24O5S.C21H24O3S.C13H18O2S.C8H7FO.CH2O3.2Cs.H/c1-5-30-19(26)20(2,3)14-15-6-10-17(11-7-15)31(28,29)18-12-8-16(9-13-18)21(4,27)22(23,24)25;1-5-26-20(23)21(3,4)14-16-6-10-18(11-7-16)27(24,25)19-12-8-17(9-13-19)15(2)22;1-5-24-20(23)21(3,4)14-16-6-10-18(11-7-16)25-19-12-8-17(9-13-19)15(2)22;1-4-15-12(14)13(2,3)9-10-5-7-11(16)8-6-10;1-6(10)7-2-4-8(9)5-3-7;2-1-4-3;;;/h6-13,27H,5,14H2,1-4H3;6-13H,5,14H2,1-4H3;6-13H,5,14H2,1-4H3;5-8,16H,4,9H2,1-3H3;2-5H,1H3;1,3H;;;/q;;;;;;2*+1;-1/p-1. The van der Waals surface area contributed by atoms with E-state index in [-0.39, 0.29) is 219 Å². The van der Waals surface area contributed by atoms with Crippen LogP contribution in [0.2, 0.25) is 0 Å². The maximum atomic E-state index is 13.0. The number of ketones is 3. The summed E-state index contributed by atoms with van der Waals surface area (Å²) in [6.07, 6.45) is -2.79. The predicted octanol–water partition coefficient (Wildman–Crippen LogP) is 11.1. The Bertz CT molecular complexity index is 4680. The number of esters is 4. The molecule has 0 aromatic heterocycles. The number of carbonyl (C=O) groups excluding carboxylic acids is 8. The van der Waals surface area contributed by atoms with Crippen LogP contribution in [0.15, 0.2) is 228 Å². The Hall–Kier alpha value is -5.54. The maximum Gasteiger partial charge on any atom is 1.00 e. The second-order valence-electron chi connectivity index (χ2n) is 28.3. The van der Waals surface area contributed by atoms with Crippen LogP contribution in [0, 0.1) is 27.5 Å². The van der Waals surface area contributed by atoms with E-state index in [1.807, 2.05) is 102 Å². The molecule has 29 heteroatoms. The molecule has 115 heavy (non-hydrogen) atoms. The van der Waals surface area contributed by atoms with Gasteiger partial charge in [-0.25, -0.2) is 21.2 Å². The summed E-state index contributed by atoms with van der Waals surface area (Å²) in [7, 11) is -7.65. The molecule has 0 radical (unpaired) electrons. The molecule has 0 spiro atoms. The Balaban J connectivity index is 0.00000145. The van der Waals surface area contributed by atoms with E-state index in [4.69, 9.17) is 29.0 Å². The number of thiol groups is 1. The first-order valence-corrected chi connectivity index (χ1v) is 39.8. The SMILES string of the molecule is CC(=O)c1ccc(F)cc1.CCOC(=O)C(C)(C)Cc1ccc(S(=O)(=O)c2ccc(C(C)(O)C(F)(F)F)cc2)cc1.CCOC(=O)C(C)(C)Cc1ccc(S(=O)(=O)c2ccc(C(C)=O)cc2)cc1.CCOC(=O)C(C)(C)Cc1ccc(S)cc1.CCOC(=O)C(C)(C)Cc1ccc(Sc2ccc(C(C)=O)cc2)cc1.O=CO[O-].[Cs+].[Cs+].[H-]. The van der Waals surface area contributed by atoms with Crippen LogP contribution in [0.4, 0.5) is 17.6 Å². The van der Waals surface area contributed by atoms with Crippen molar-refractivity contribution >= 4 is 91.8 Å². The number of benzene rings is 8. The molecule has 0 amide bonds. The van der Waals surface area contributed by atoms with Gasteiger partial charge in [-0.3, -0.25) is 38.4 Å². The largest absolute Gasteiger partial charge is 1.00 e. The summed E-state index contributed by atoms with van der Waals surface area (Å²) in [5, 5.41) is 18.2. The van der Waals surface area contributed by atoms with Gasteiger partial charge in [-0.15, -0.1) is 12.6 Å². The molecular formula is C86H100Cs2F4O19S4. The molecule has 0 saturated carbocycles. The van der Waals surface area contributed by atoms with E-state index in [1.165, 1.54) is 86.6 Å². The number of sulfone groups is 2. The molecule has 1 unspecified atom stereocenters. The summed E-state index contributed by atoms with van der Waals surface area (Å²) in [5.41, 5.74) is -0.522. The quantitative estimate of drug-likeness (QED) is 0.00706. The van der Waals surface area contributed by atoms with E-state index in [2.05, 4.69) is 29.6 Å². The van der Waals surface area contributed by atoms with E-state index in [9.17, 15) is 73.1 Å². The fourth-order valence-corrected chi connectivity index (χ4v) is 13.8. The van der Waals surface area contributed by atoms with Crippen LogP contribution in [0.3, 0.4) is 0 Å². The van der Waals surface area contributed by atoms with Crippen LogP contribution in [-0.2, 0) is 98.8 Å². The Kier molecular flexibility index (Phi) is 46.6. The Morgan fingerprint density at radius 1 is 0.417 bits per heavy atom. The fourth-order valence-electron chi connectivity index (χ4n) is 10.3. The number of Topliss-reactive ketones (excluding diaryl/α,β-unsaturated/α-hetero) is 3. The average molecular weight is 1910 g/mol. The van der Waals surface area contributed by atoms with Crippen molar-refractivity contribution in [1.82, 2.24) is 0 Å². The molecule has 8 aromatic carbocycles. The monoisotopic (exact) mass is 1910 g/mol. The number of halogens is 4. The van der Waals surface area contributed by atoms with Crippen LogP contribution < -0.4 is 143 Å². The van der Waals surface area contributed by atoms with Gasteiger partial charge < -0.3 is 35.6 Å². The summed E-state index contributed by atoms with van der Waals surface area (Å²) in [6, 6.07) is 51.4. The molecule has 8 rings (SSSR count). The van der Waals surface area contributed by atoms with Crippen molar-refractivity contribution in [2.75, 3.05) is 26.4 Å². The van der Waals surface area contributed by atoms with E-state index < -0.39 is 58.7 Å². The van der Waals surface area contributed by atoms with Crippen LogP contribution in [0.1, 0.15) is 171 Å². The van der Waals surface area contributed by atoms with Gasteiger partial charge >= 0.3 is 168 Å². The van der Waals surface area contributed by atoms with Crippen molar-refractivity contribution in [2.45, 2.75) is 183 Å². The van der Waals surface area contributed by atoms with Crippen LogP contribution in [0.25, 0.3) is 0 Å². The number of ether oxygens (including phenoxy) is 4. The number of rotatable bonds is 27. The predicted molar refractivity (Wildman–Crippen MR) is 424 cm³/mol. The third-order valence-electron chi connectivity index (χ3n) is 16.9. The molecule has 0 aliphatic carbocycles. The third-order valence-corrected chi connectivity index (χ3v) is 21.7. The van der Waals surface area contributed by atoms with Gasteiger partial charge in [0.25, 0.3) is 6.47 Å².